The van der Waals surface area contributed by atoms with Crippen LogP contribution in [0.5, 0.6) is 5.75 Å². The average molecular weight is 508 g/mol. The van der Waals surface area contributed by atoms with Crippen LogP contribution in [0.25, 0.3) is 0 Å². The number of fused-ring (bicyclic) bond motifs is 1. The third-order valence-corrected chi connectivity index (χ3v) is 8.05. The van der Waals surface area contributed by atoms with Gasteiger partial charge < -0.3 is 20.4 Å². The van der Waals surface area contributed by atoms with Gasteiger partial charge in [0, 0.05) is 17.1 Å². The maximum Gasteiger partial charge on any atom is 0.352 e. The van der Waals surface area contributed by atoms with Crippen LogP contribution in [0, 0.1) is 0 Å². The Bertz CT molecular complexity index is 1150. The van der Waals surface area contributed by atoms with Crippen molar-refractivity contribution in [2.75, 3.05) is 18.6 Å². The zero-order chi connectivity index (χ0) is 23.5. The summed E-state index contributed by atoms with van der Waals surface area (Å²) >= 11 is 4.07. The molecule has 0 radical (unpaired) electrons. The highest BCUT2D eigenvalue weighted by Gasteiger charge is 2.54. The van der Waals surface area contributed by atoms with Gasteiger partial charge >= 0.3 is 5.97 Å². The Hall–Kier alpha value is -3.10. The number of carboxylic acids is 1. The van der Waals surface area contributed by atoms with Gasteiger partial charge in [0.05, 0.1) is 0 Å². The normalized spacial score (nSPS) is 20.2. The molecule has 1 fully saturated rings. The van der Waals surface area contributed by atoms with E-state index < -0.39 is 29.2 Å². The van der Waals surface area contributed by atoms with E-state index in [0.717, 1.165) is 0 Å². The summed E-state index contributed by atoms with van der Waals surface area (Å²) in [6.45, 7) is 0. The van der Waals surface area contributed by atoms with E-state index in [1.165, 1.54) is 59.0 Å². The molecule has 33 heavy (non-hydrogen) atoms. The number of phenolic OH excluding ortho intramolecular Hbond substituents is 1. The van der Waals surface area contributed by atoms with Crippen LogP contribution in [0.2, 0.25) is 0 Å². The van der Waals surface area contributed by atoms with Crippen molar-refractivity contribution >= 4 is 58.4 Å². The summed E-state index contributed by atoms with van der Waals surface area (Å²) < 4.78 is 0.705. The Kier molecular flexibility index (Phi) is 6.85. The number of aromatic hydroxyl groups is 1. The highest BCUT2D eigenvalue weighted by Crippen LogP contribution is 2.41. The van der Waals surface area contributed by atoms with Gasteiger partial charge in [-0.15, -0.1) is 22.0 Å². The fraction of sp³-hybridized carbons (Fsp3) is 0.263. The highest BCUT2D eigenvalue weighted by molar-refractivity contribution is 8.01. The molecule has 1 aromatic carbocycles. The molecule has 0 aliphatic carbocycles. The number of thioether (sulfide) groups is 2. The number of hydrogen-bond donors (Lipinski definition) is 3. The van der Waals surface area contributed by atoms with Crippen LogP contribution >= 0.6 is 34.9 Å². The minimum Gasteiger partial charge on any atom is -0.508 e. The van der Waals surface area contributed by atoms with Gasteiger partial charge in [-0.1, -0.05) is 40.4 Å². The Morgan fingerprint density at radius 3 is 2.91 bits per heavy atom. The molecule has 1 unspecified atom stereocenters. The number of benzene rings is 1. The van der Waals surface area contributed by atoms with Gasteiger partial charge in [0.25, 0.3) is 11.8 Å². The molecule has 2 amide bonds. The molecule has 0 bridgehead atoms. The summed E-state index contributed by atoms with van der Waals surface area (Å²) in [4.78, 5) is 43.6. The molecule has 1 saturated heterocycles. The predicted molar refractivity (Wildman–Crippen MR) is 122 cm³/mol. The fourth-order valence-corrected chi connectivity index (χ4v) is 6.32. The first-order valence-corrected chi connectivity index (χ1v) is 12.3. The van der Waals surface area contributed by atoms with Crippen LogP contribution in [0.1, 0.15) is 5.56 Å². The van der Waals surface area contributed by atoms with Crippen molar-refractivity contribution in [3.63, 3.8) is 0 Å². The number of carbonyl (C=O) groups excluding carboxylic acids is 2. The molecule has 1 aromatic heterocycles. The number of nitrogens with zero attached hydrogens (tertiary/aromatic N) is 4. The first kappa shape index (κ1) is 23.1. The summed E-state index contributed by atoms with van der Waals surface area (Å²) in [5.74, 6) is -1.72. The number of aromatic nitrogens is 2. The summed E-state index contributed by atoms with van der Waals surface area (Å²) in [7, 11) is 1.27. The topological polar surface area (TPSA) is 154 Å². The van der Waals surface area contributed by atoms with Crippen molar-refractivity contribution in [2.24, 2.45) is 5.16 Å². The third kappa shape index (κ3) is 4.67. The zero-order valence-corrected chi connectivity index (χ0v) is 19.4. The molecule has 11 nitrogen and oxygen atoms in total. The van der Waals surface area contributed by atoms with E-state index in [1.807, 2.05) is 0 Å². The lowest BCUT2D eigenvalue weighted by atomic mass is 10.0. The minimum absolute atomic E-state index is 0.0620. The molecule has 4 rings (SSSR count). The minimum atomic E-state index is -1.20. The molecular weight excluding hydrogens is 490 g/mol. The second-order valence-corrected chi connectivity index (χ2v) is 9.95. The number of carbonyl (C=O) groups is 3. The second-order valence-electron chi connectivity index (χ2n) is 6.78. The van der Waals surface area contributed by atoms with Gasteiger partial charge in [-0.2, -0.15) is 0 Å². The molecule has 14 heteroatoms. The van der Waals surface area contributed by atoms with Crippen LogP contribution in [0.3, 0.4) is 0 Å². The van der Waals surface area contributed by atoms with E-state index in [9.17, 15) is 24.6 Å². The average Bonchev–Trinajstić information content (AvgIpc) is 3.32. The molecule has 0 saturated carbocycles. The van der Waals surface area contributed by atoms with E-state index in [-0.39, 0.29) is 17.2 Å². The lowest BCUT2D eigenvalue weighted by Crippen LogP contribution is -2.71. The van der Waals surface area contributed by atoms with Crippen LogP contribution in [-0.4, -0.2) is 78.8 Å². The SMILES string of the molecule is CON=C(C(=O)NC1C(=O)N2C(C(=O)O)=C(CSc3nncs3)CS[C@@H]12)c1cccc(O)c1. The summed E-state index contributed by atoms with van der Waals surface area (Å²) in [5, 5.41) is 32.9. The van der Waals surface area contributed by atoms with Crippen LogP contribution in [0.4, 0.5) is 0 Å². The molecule has 172 valence electrons. The molecule has 2 atom stereocenters. The number of hydrogen-bond acceptors (Lipinski definition) is 11. The van der Waals surface area contributed by atoms with Gasteiger partial charge in [-0.05, 0) is 17.7 Å². The van der Waals surface area contributed by atoms with Gasteiger partial charge in [0.1, 0.15) is 35.5 Å². The zero-order valence-electron chi connectivity index (χ0n) is 17.0. The molecule has 2 aliphatic rings. The van der Waals surface area contributed by atoms with Crippen LogP contribution in [0.15, 0.2) is 50.5 Å². The molecule has 3 heterocycles. The number of rotatable bonds is 8. The maximum atomic E-state index is 12.9. The molecular formula is C19H17N5O6S3. The molecule has 2 aliphatic heterocycles. The van der Waals surface area contributed by atoms with Crippen LogP contribution in [-0.2, 0) is 19.2 Å². The van der Waals surface area contributed by atoms with Crippen LogP contribution < -0.4 is 5.32 Å². The number of carboxylic acid groups (broad SMARTS) is 1. The van der Waals surface area contributed by atoms with Crippen molar-refractivity contribution < 1.29 is 29.4 Å². The smallest absolute Gasteiger partial charge is 0.352 e. The van der Waals surface area contributed by atoms with E-state index >= 15 is 0 Å². The Morgan fingerprint density at radius 2 is 2.24 bits per heavy atom. The standard InChI is InChI=1S/C19H17N5O6S3/c1-30-23-12(9-3-2-4-11(25)5-9)15(26)21-13-16(27)24-14(18(28)29)10(6-31-17(13)24)7-32-19-22-20-8-33-19/h2-5,8,13,17,25H,6-7H2,1H3,(H,21,26)(H,28,29)/t13?,17-/m0/s1. The van der Waals surface area contributed by atoms with Crippen molar-refractivity contribution in [3.8, 4) is 5.75 Å². The largest absolute Gasteiger partial charge is 0.508 e. The maximum absolute atomic E-state index is 12.9. The first-order chi connectivity index (χ1) is 15.9. The third-order valence-electron chi connectivity index (χ3n) is 4.76. The predicted octanol–water partition coefficient (Wildman–Crippen LogP) is 1.13. The van der Waals surface area contributed by atoms with Gasteiger partial charge in [-0.25, -0.2) is 4.79 Å². The lowest BCUT2D eigenvalue weighted by Gasteiger charge is -2.49. The van der Waals surface area contributed by atoms with Crippen molar-refractivity contribution in [1.82, 2.24) is 20.4 Å². The highest BCUT2D eigenvalue weighted by atomic mass is 32.2. The Balaban J connectivity index is 1.50. The Morgan fingerprint density at radius 1 is 1.42 bits per heavy atom. The number of aliphatic carboxylic acids is 1. The molecule has 2 aromatic rings. The van der Waals surface area contributed by atoms with Gasteiger partial charge in [-0.3, -0.25) is 14.5 Å². The fourth-order valence-electron chi connectivity index (χ4n) is 3.35. The summed E-state index contributed by atoms with van der Waals surface area (Å²) in [5.41, 5.74) is 2.30. The number of oxime groups is 1. The quantitative estimate of drug-likeness (QED) is 0.205. The van der Waals surface area contributed by atoms with E-state index in [0.29, 0.717) is 27.0 Å². The van der Waals surface area contributed by atoms with E-state index in [2.05, 4.69) is 20.7 Å². The summed E-state index contributed by atoms with van der Waals surface area (Å²) in [6, 6.07) is 4.97. The van der Waals surface area contributed by atoms with Crippen molar-refractivity contribution in [2.45, 2.75) is 15.8 Å². The number of nitrogens with one attached hydrogen (secondary N) is 1. The van der Waals surface area contributed by atoms with E-state index in [4.69, 9.17) is 4.84 Å². The van der Waals surface area contributed by atoms with Crippen molar-refractivity contribution in [1.29, 1.82) is 0 Å². The monoisotopic (exact) mass is 507 g/mol. The molecule has 0 spiro atoms. The Labute approximate surface area is 199 Å². The second kappa shape index (κ2) is 9.80. The van der Waals surface area contributed by atoms with Crippen molar-refractivity contribution in [3.05, 3.63) is 46.6 Å². The summed E-state index contributed by atoms with van der Waals surface area (Å²) in [6.07, 6.45) is 0. The first-order valence-electron chi connectivity index (χ1n) is 9.41. The number of phenols is 1. The van der Waals surface area contributed by atoms with Gasteiger partial charge in [0.2, 0.25) is 0 Å². The van der Waals surface area contributed by atoms with Gasteiger partial charge in [0.15, 0.2) is 10.1 Å². The molecule has 3 N–H and O–H groups in total. The number of β-lactam (4-membered cyclic amide) rings is 1. The van der Waals surface area contributed by atoms with E-state index in [1.54, 1.807) is 17.6 Å². The lowest BCUT2D eigenvalue weighted by molar-refractivity contribution is -0.150. The number of amides is 2.